The third kappa shape index (κ3) is 2.41. The van der Waals surface area contributed by atoms with Crippen molar-refractivity contribution in [3.05, 3.63) is 41.5 Å². The first kappa shape index (κ1) is 13.1. The Morgan fingerprint density at radius 1 is 1.45 bits per heavy atom. The molecule has 0 saturated heterocycles. The van der Waals surface area contributed by atoms with Crippen molar-refractivity contribution in [2.24, 2.45) is 0 Å². The third-order valence-electron chi connectivity index (χ3n) is 3.97. The Labute approximate surface area is 119 Å². The molecule has 0 fully saturated rings. The van der Waals surface area contributed by atoms with E-state index >= 15 is 0 Å². The predicted molar refractivity (Wildman–Crippen MR) is 76.6 cm³/mol. The van der Waals surface area contributed by atoms with Gasteiger partial charge in [-0.25, -0.2) is 0 Å². The number of nitrogens with zero attached hydrogens (tertiary/aromatic N) is 3. The van der Waals surface area contributed by atoms with Crippen molar-refractivity contribution in [2.45, 2.75) is 38.9 Å². The summed E-state index contributed by atoms with van der Waals surface area (Å²) in [7, 11) is 1.71. The van der Waals surface area contributed by atoms with Crippen LogP contribution in [0.1, 0.15) is 36.3 Å². The van der Waals surface area contributed by atoms with Crippen LogP contribution in [0.4, 0.5) is 0 Å². The van der Waals surface area contributed by atoms with Gasteiger partial charge in [0.05, 0.1) is 13.7 Å². The van der Waals surface area contributed by atoms with Crippen molar-refractivity contribution in [2.75, 3.05) is 7.11 Å². The van der Waals surface area contributed by atoms with Gasteiger partial charge in [-0.2, -0.15) is 0 Å². The Kier molecular flexibility index (Phi) is 3.69. The van der Waals surface area contributed by atoms with Gasteiger partial charge in [-0.05, 0) is 43.0 Å². The molecule has 0 saturated carbocycles. The van der Waals surface area contributed by atoms with Gasteiger partial charge < -0.3 is 14.6 Å². The first-order valence-corrected chi connectivity index (χ1v) is 7.08. The van der Waals surface area contributed by atoms with Crippen molar-refractivity contribution in [3.8, 4) is 5.75 Å². The second kappa shape index (κ2) is 5.63. The average molecular weight is 272 g/mol. The molecule has 1 aromatic carbocycles. The molecule has 0 aliphatic heterocycles. The van der Waals surface area contributed by atoms with E-state index in [1.165, 1.54) is 11.1 Å². The summed E-state index contributed by atoms with van der Waals surface area (Å²) >= 11 is 0. The monoisotopic (exact) mass is 272 g/mol. The van der Waals surface area contributed by atoms with Crippen LogP contribution < -0.4 is 10.1 Å². The number of rotatable bonds is 5. The fourth-order valence-corrected chi connectivity index (χ4v) is 2.81. The largest absolute Gasteiger partial charge is 0.497 e. The van der Waals surface area contributed by atoms with Crippen molar-refractivity contribution in [1.29, 1.82) is 0 Å². The average Bonchev–Trinajstić information content (AvgIpc) is 3.10. The molecule has 1 atom stereocenters. The molecule has 5 heteroatoms. The molecule has 1 heterocycles. The van der Waals surface area contributed by atoms with Gasteiger partial charge in [0.1, 0.15) is 17.9 Å². The van der Waals surface area contributed by atoms with Gasteiger partial charge in [0.25, 0.3) is 0 Å². The van der Waals surface area contributed by atoms with Gasteiger partial charge in [0, 0.05) is 12.6 Å². The van der Waals surface area contributed by atoms with Crippen LogP contribution >= 0.6 is 0 Å². The maximum Gasteiger partial charge on any atom is 0.146 e. The lowest BCUT2D eigenvalue weighted by molar-refractivity contribution is 0.413. The Balaban J connectivity index is 1.72. The summed E-state index contributed by atoms with van der Waals surface area (Å²) < 4.78 is 7.38. The number of ether oxygens (including phenoxy) is 1. The highest BCUT2D eigenvalue weighted by molar-refractivity contribution is 5.40. The van der Waals surface area contributed by atoms with Crippen LogP contribution in [-0.2, 0) is 19.5 Å². The van der Waals surface area contributed by atoms with E-state index in [4.69, 9.17) is 4.74 Å². The molecule has 5 nitrogen and oxygen atoms in total. The highest BCUT2D eigenvalue weighted by atomic mass is 16.5. The number of methoxy groups -OCH3 is 1. The molecule has 0 radical (unpaired) electrons. The van der Waals surface area contributed by atoms with Crippen LogP contribution in [0.5, 0.6) is 5.75 Å². The molecule has 2 aromatic rings. The predicted octanol–water partition coefficient (Wildman–Crippen LogP) is 2.08. The summed E-state index contributed by atoms with van der Waals surface area (Å²) in [5.41, 5.74) is 2.77. The van der Waals surface area contributed by atoms with Gasteiger partial charge in [-0.15, -0.1) is 10.2 Å². The Hall–Kier alpha value is -1.88. The Morgan fingerprint density at radius 2 is 2.35 bits per heavy atom. The van der Waals surface area contributed by atoms with Crippen LogP contribution in [0.25, 0.3) is 0 Å². The first-order chi connectivity index (χ1) is 9.81. The summed E-state index contributed by atoms with van der Waals surface area (Å²) in [6.07, 6.45) is 4.03. The minimum atomic E-state index is 0.377. The van der Waals surface area contributed by atoms with Crippen LogP contribution in [0.15, 0.2) is 24.5 Å². The minimum Gasteiger partial charge on any atom is -0.497 e. The van der Waals surface area contributed by atoms with E-state index in [1.807, 2.05) is 6.07 Å². The maximum absolute atomic E-state index is 5.32. The van der Waals surface area contributed by atoms with Crippen LogP contribution in [0.2, 0.25) is 0 Å². The summed E-state index contributed by atoms with van der Waals surface area (Å²) in [5.74, 6) is 1.91. The molecule has 1 aromatic heterocycles. The number of hydrogen-bond donors (Lipinski definition) is 1. The topological polar surface area (TPSA) is 52.0 Å². The van der Waals surface area contributed by atoms with Gasteiger partial charge in [-0.3, -0.25) is 0 Å². The molecule has 20 heavy (non-hydrogen) atoms. The van der Waals surface area contributed by atoms with Gasteiger partial charge in [0.2, 0.25) is 0 Å². The normalized spacial score (nSPS) is 17.2. The summed E-state index contributed by atoms with van der Waals surface area (Å²) in [4.78, 5) is 0. The zero-order valence-electron chi connectivity index (χ0n) is 12.0. The lowest BCUT2D eigenvalue weighted by atomic mass is 10.1. The lowest BCUT2D eigenvalue weighted by Gasteiger charge is -2.14. The van der Waals surface area contributed by atoms with E-state index in [9.17, 15) is 0 Å². The zero-order valence-corrected chi connectivity index (χ0v) is 12.0. The van der Waals surface area contributed by atoms with Crippen molar-refractivity contribution < 1.29 is 4.74 Å². The summed E-state index contributed by atoms with van der Waals surface area (Å²) in [6, 6.07) is 6.73. The van der Waals surface area contributed by atoms with E-state index in [1.54, 1.807) is 13.4 Å². The van der Waals surface area contributed by atoms with Gasteiger partial charge >= 0.3 is 0 Å². The highest BCUT2D eigenvalue weighted by Crippen LogP contribution is 2.33. The molecule has 0 amide bonds. The van der Waals surface area contributed by atoms with Crippen LogP contribution in [0, 0.1) is 0 Å². The number of nitrogens with one attached hydrogen (secondary N) is 1. The van der Waals surface area contributed by atoms with E-state index < -0.39 is 0 Å². The molecular formula is C15H20N4O. The fourth-order valence-electron chi connectivity index (χ4n) is 2.81. The lowest BCUT2D eigenvalue weighted by Crippen LogP contribution is -2.21. The number of aromatic nitrogens is 3. The fraction of sp³-hybridized carbons (Fsp3) is 0.467. The van der Waals surface area contributed by atoms with Crippen molar-refractivity contribution >= 4 is 0 Å². The first-order valence-electron chi connectivity index (χ1n) is 7.08. The Bertz CT molecular complexity index is 593. The molecule has 0 spiro atoms. The smallest absolute Gasteiger partial charge is 0.146 e. The Morgan fingerprint density at radius 3 is 3.15 bits per heavy atom. The number of benzene rings is 1. The maximum atomic E-state index is 5.32. The standard InChI is InChI=1S/C15H20N4O/c1-3-19-10-17-18-15(19)9-16-14-7-5-11-4-6-12(20-2)8-13(11)14/h4,6,8,10,14,16H,3,5,7,9H2,1-2H3. The third-order valence-corrected chi connectivity index (χ3v) is 3.97. The van der Waals surface area contributed by atoms with Gasteiger partial charge in [-0.1, -0.05) is 6.07 Å². The zero-order chi connectivity index (χ0) is 13.9. The van der Waals surface area contributed by atoms with E-state index in [2.05, 4.69) is 39.1 Å². The molecule has 1 aliphatic rings. The van der Waals surface area contributed by atoms with Crippen molar-refractivity contribution in [1.82, 2.24) is 20.1 Å². The van der Waals surface area contributed by atoms with Crippen molar-refractivity contribution in [3.63, 3.8) is 0 Å². The van der Waals surface area contributed by atoms with E-state index in [0.717, 1.165) is 37.5 Å². The molecular weight excluding hydrogens is 252 g/mol. The molecule has 0 bridgehead atoms. The second-order valence-corrected chi connectivity index (χ2v) is 5.07. The number of aryl methyl sites for hydroxylation is 2. The number of fused-ring (bicyclic) bond motifs is 1. The second-order valence-electron chi connectivity index (χ2n) is 5.07. The summed E-state index contributed by atoms with van der Waals surface area (Å²) in [6.45, 7) is 3.75. The molecule has 1 aliphatic carbocycles. The van der Waals surface area contributed by atoms with Crippen LogP contribution in [0.3, 0.4) is 0 Å². The van der Waals surface area contributed by atoms with Crippen LogP contribution in [-0.4, -0.2) is 21.9 Å². The quantitative estimate of drug-likeness (QED) is 0.905. The highest BCUT2D eigenvalue weighted by Gasteiger charge is 2.22. The SMILES string of the molecule is CCn1cnnc1CNC1CCc2ccc(OC)cc21. The molecule has 1 unspecified atom stereocenters. The number of hydrogen-bond acceptors (Lipinski definition) is 4. The molecule has 1 N–H and O–H groups in total. The summed E-state index contributed by atoms with van der Waals surface area (Å²) in [5, 5.41) is 11.7. The molecule has 3 rings (SSSR count). The minimum absolute atomic E-state index is 0.377. The van der Waals surface area contributed by atoms with E-state index in [-0.39, 0.29) is 0 Å². The van der Waals surface area contributed by atoms with Gasteiger partial charge in [0.15, 0.2) is 0 Å². The molecule has 106 valence electrons. The van der Waals surface area contributed by atoms with E-state index in [0.29, 0.717) is 6.04 Å².